The van der Waals surface area contributed by atoms with Crippen molar-refractivity contribution in [3.63, 3.8) is 0 Å². The predicted octanol–water partition coefficient (Wildman–Crippen LogP) is 2.13. The molecule has 1 saturated heterocycles. The van der Waals surface area contributed by atoms with Crippen molar-refractivity contribution >= 4 is 23.6 Å². The highest BCUT2D eigenvalue weighted by Crippen LogP contribution is 2.19. The van der Waals surface area contributed by atoms with Crippen LogP contribution in [0, 0.1) is 5.92 Å². The van der Waals surface area contributed by atoms with Gasteiger partial charge in [0.1, 0.15) is 6.04 Å². The van der Waals surface area contributed by atoms with E-state index in [9.17, 15) is 4.79 Å². The Morgan fingerprint density at radius 2 is 2.00 bits per heavy atom. The molecule has 11 nitrogen and oxygen atoms in total. The van der Waals surface area contributed by atoms with Gasteiger partial charge >= 0.3 is 0 Å². The lowest BCUT2D eigenvalue weighted by molar-refractivity contribution is -0.134. The number of nitrogens with zero attached hydrogens (tertiary/aromatic N) is 7. The second-order valence-electron chi connectivity index (χ2n) is 8.88. The Morgan fingerprint density at radius 3 is 2.67 bits per heavy atom. The van der Waals surface area contributed by atoms with Gasteiger partial charge in [-0.05, 0) is 37.4 Å². The summed E-state index contributed by atoms with van der Waals surface area (Å²) in [5.74, 6) is 1.95. The summed E-state index contributed by atoms with van der Waals surface area (Å²) < 4.78 is 6.72. The van der Waals surface area contributed by atoms with Gasteiger partial charge in [0, 0.05) is 26.2 Å². The molecule has 0 bridgehead atoms. The van der Waals surface area contributed by atoms with Gasteiger partial charge in [-0.3, -0.25) is 9.69 Å². The Hall–Kier alpha value is -3.21. The van der Waals surface area contributed by atoms with Crippen molar-refractivity contribution in [3.8, 4) is 11.6 Å². The van der Waals surface area contributed by atoms with Crippen LogP contribution in [0.2, 0.25) is 0 Å². The van der Waals surface area contributed by atoms with Crippen LogP contribution in [0.25, 0.3) is 17.4 Å². The van der Waals surface area contributed by atoms with Crippen molar-refractivity contribution in [1.29, 1.82) is 0 Å². The standard InChI is InChI=1S/C22H33N9O2/c1-4-5-8-29-9-11-30(12-10-29)19(32)16(14-15(2)3)24-21-26-20(23)31-22(27-21)25-18(28-31)17-7-6-13-33-17/h6-7,13,15-16H,4-5,8-12,14H2,1-3H3,(H3,23,24,25,26,27,28)/t16-/m0/s1. The summed E-state index contributed by atoms with van der Waals surface area (Å²) in [6.07, 6.45) is 4.58. The van der Waals surface area contributed by atoms with Crippen molar-refractivity contribution in [1.82, 2.24) is 34.4 Å². The van der Waals surface area contributed by atoms with E-state index in [2.05, 4.69) is 51.0 Å². The van der Waals surface area contributed by atoms with Crippen LogP contribution in [0.5, 0.6) is 0 Å². The molecule has 0 saturated carbocycles. The molecule has 3 aromatic rings. The average Bonchev–Trinajstić information content (AvgIpc) is 3.47. The van der Waals surface area contributed by atoms with Crippen LogP contribution in [0.15, 0.2) is 22.8 Å². The zero-order valence-electron chi connectivity index (χ0n) is 19.6. The van der Waals surface area contributed by atoms with Crippen LogP contribution in [-0.4, -0.2) is 79.0 Å². The molecule has 1 aliphatic rings. The molecule has 3 aromatic heterocycles. The number of piperazine rings is 1. The quantitative estimate of drug-likeness (QED) is 0.498. The lowest BCUT2D eigenvalue weighted by atomic mass is 10.0. The fourth-order valence-electron chi connectivity index (χ4n) is 4.02. The number of hydrogen-bond donors (Lipinski definition) is 2. The summed E-state index contributed by atoms with van der Waals surface area (Å²) in [4.78, 5) is 30.9. The third kappa shape index (κ3) is 5.41. The van der Waals surface area contributed by atoms with E-state index >= 15 is 0 Å². The molecule has 1 aliphatic heterocycles. The minimum absolute atomic E-state index is 0.0682. The minimum Gasteiger partial charge on any atom is -0.461 e. The molecule has 0 unspecified atom stereocenters. The van der Waals surface area contributed by atoms with Crippen LogP contribution in [0.3, 0.4) is 0 Å². The normalized spacial score (nSPS) is 15.9. The summed E-state index contributed by atoms with van der Waals surface area (Å²) in [5, 5.41) is 7.53. The predicted molar refractivity (Wildman–Crippen MR) is 125 cm³/mol. The van der Waals surface area contributed by atoms with Gasteiger partial charge in [0.15, 0.2) is 5.76 Å². The molecule has 33 heavy (non-hydrogen) atoms. The topological polar surface area (TPSA) is 131 Å². The summed E-state index contributed by atoms with van der Waals surface area (Å²) in [6, 6.07) is 3.08. The smallest absolute Gasteiger partial charge is 0.259 e. The van der Waals surface area contributed by atoms with E-state index in [4.69, 9.17) is 10.2 Å². The van der Waals surface area contributed by atoms with Crippen molar-refractivity contribution in [3.05, 3.63) is 18.4 Å². The summed E-state index contributed by atoms with van der Waals surface area (Å²) in [5.41, 5.74) is 6.11. The van der Waals surface area contributed by atoms with E-state index in [-0.39, 0.29) is 23.6 Å². The highest BCUT2D eigenvalue weighted by Gasteiger charge is 2.29. The fraction of sp³-hybridized carbons (Fsp3) is 0.591. The molecular weight excluding hydrogens is 422 g/mol. The highest BCUT2D eigenvalue weighted by molar-refractivity contribution is 5.84. The Kier molecular flexibility index (Phi) is 7.07. The molecule has 0 spiro atoms. The van der Waals surface area contributed by atoms with E-state index in [1.807, 2.05) is 4.90 Å². The van der Waals surface area contributed by atoms with Gasteiger partial charge in [-0.25, -0.2) is 0 Å². The zero-order valence-corrected chi connectivity index (χ0v) is 19.6. The second kappa shape index (κ2) is 10.2. The molecule has 1 amide bonds. The lowest BCUT2D eigenvalue weighted by Gasteiger charge is -2.36. The van der Waals surface area contributed by atoms with E-state index in [1.54, 1.807) is 18.4 Å². The largest absolute Gasteiger partial charge is 0.461 e. The highest BCUT2D eigenvalue weighted by atomic mass is 16.3. The number of fused-ring (bicyclic) bond motifs is 1. The number of hydrogen-bond acceptors (Lipinski definition) is 9. The Balaban J connectivity index is 1.49. The number of anilines is 2. The van der Waals surface area contributed by atoms with Crippen molar-refractivity contribution < 1.29 is 9.21 Å². The van der Waals surface area contributed by atoms with Crippen LogP contribution >= 0.6 is 0 Å². The van der Waals surface area contributed by atoms with Crippen molar-refractivity contribution in [2.24, 2.45) is 5.92 Å². The minimum atomic E-state index is -0.443. The van der Waals surface area contributed by atoms with Crippen LogP contribution in [0.4, 0.5) is 11.9 Å². The maximum Gasteiger partial charge on any atom is 0.259 e. The Morgan fingerprint density at radius 1 is 1.21 bits per heavy atom. The van der Waals surface area contributed by atoms with Gasteiger partial charge < -0.3 is 20.4 Å². The SMILES string of the molecule is CCCCN1CCN(C(=O)[C@H](CC(C)C)Nc2nc(N)n3nc(-c4ccco4)nc3n2)CC1. The number of carbonyl (C=O) groups excluding carboxylic acids is 1. The maximum atomic E-state index is 13.4. The number of unbranched alkanes of at least 4 members (excludes halogenated alkanes) is 1. The van der Waals surface area contributed by atoms with E-state index < -0.39 is 6.04 Å². The van der Waals surface area contributed by atoms with Gasteiger partial charge in [-0.1, -0.05) is 27.2 Å². The molecule has 1 atom stereocenters. The monoisotopic (exact) mass is 455 g/mol. The summed E-state index contributed by atoms with van der Waals surface area (Å²) in [6.45, 7) is 10.8. The van der Waals surface area contributed by atoms with Crippen molar-refractivity contribution in [2.45, 2.75) is 46.1 Å². The number of amides is 1. The third-order valence-corrected chi connectivity index (χ3v) is 5.80. The first kappa shape index (κ1) is 23.0. The first-order chi connectivity index (χ1) is 15.9. The van der Waals surface area contributed by atoms with E-state index in [1.165, 1.54) is 17.4 Å². The van der Waals surface area contributed by atoms with Gasteiger partial charge in [0.2, 0.25) is 23.6 Å². The third-order valence-electron chi connectivity index (χ3n) is 5.80. The molecule has 3 N–H and O–H groups in total. The maximum absolute atomic E-state index is 13.4. The van der Waals surface area contributed by atoms with Gasteiger partial charge in [-0.2, -0.15) is 19.5 Å². The molecule has 4 heterocycles. The number of nitrogen functional groups attached to an aromatic ring is 1. The molecule has 1 fully saturated rings. The first-order valence-electron chi connectivity index (χ1n) is 11.7. The average molecular weight is 456 g/mol. The second-order valence-corrected chi connectivity index (χ2v) is 8.88. The molecule has 178 valence electrons. The fourth-order valence-corrected chi connectivity index (χ4v) is 4.02. The van der Waals surface area contributed by atoms with Gasteiger partial charge in [0.25, 0.3) is 5.78 Å². The van der Waals surface area contributed by atoms with E-state index in [0.29, 0.717) is 23.9 Å². The molecule has 4 rings (SSSR count). The molecular formula is C22H33N9O2. The molecule has 0 radical (unpaired) electrons. The Bertz CT molecular complexity index is 1060. The summed E-state index contributed by atoms with van der Waals surface area (Å²) >= 11 is 0. The molecule has 0 aliphatic carbocycles. The van der Waals surface area contributed by atoms with Gasteiger partial charge in [-0.15, -0.1) is 5.10 Å². The van der Waals surface area contributed by atoms with Crippen molar-refractivity contribution in [2.75, 3.05) is 43.8 Å². The first-order valence-corrected chi connectivity index (χ1v) is 11.7. The summed E-state index contributed by atoms with van der Waals surface area (Å²) in [7, 11) is 0. The number of nitrogens with two attached hydrogens (primary N) is 1. The van der Waals surface area contributed by atoms with Crippen LogP contribution < -0.4 is 11.1 Å². The number of furan rings is 1. The Labute approximate surface area is 193 Å². The van der Waals surface area contributed by atoms with Gasteiger partial charge in [0.05, 0.1) is 6.26 Å². The molecule has 0 aromatic carbocycles. The number of rotatable bonds is 9. The molecule has 11 heteroatoms. The number of aromatic nitrogens is 5. The number of carbonyl (C=O) groups is 1. The zero-order chi connectivity index (χ0) is 23.4. The van der Waals surface area contributed by atoms with Crippen LogP contribution in [-0.2, 0) is 4.79 Å². The lowest BCUT2D eigenvalue weighted by Crippen LogP contribution is -2.53. The van der Waals surface area contributed by atoms with Crippen LogP contribution in [0.1, 0.15) is 40.0 Å². The van der Waals surface area contributed by atoms with E-state index in [0.717, 1.165) is 32.7 Å². The number of nitrogens with one attached hydrogen (secondary N) is 1.